The number of barbiturate groups is 1. The molecular weight excluding hydrogens is 524 g/mol. The number of urea groups is 1. The molecule has 10 nitrogen and oxygen atoms in total. The van der Waals surface area contributed by atoms with E-state index in [1.54, 1.807) is 49.5 Å². The van der Waals surface area contributed by atoms with Crippen LogP contribution in [0.5, 0.6) is 5.75 Å². The van der Waals surface area contributed by atoms with Gasteiger partial charge in [-0.2, -0.15) is 5.10 Å². The number of carbonyl (C=O) groups is 4. The van der Waals surface area contributed by atoms with Crippen molar-refractivity contribution in [3.8, 4) is 5.75 Å². The molecule has 0 unspecified atom stereocenters. The van der Waals surface area contributed by atoms with Crippen molar-refractivity contribution < 1.29 is 28.7 Å². The van der Waals surface area contributed by atoms with Gasteiger partial charge in [-0.1, -0.05) is 66.7 Å². The molecule has 208 valence electrons. The number of ether oxygens (including phenoxy) is 2. The number of hydrogen-bond acceptors (Lipinski definition) is 8. The van der Waals surface area contributed by atoms with Crippen LogP contribution >= 0.6 is 0 Å². The first kappa shape index (κ1) is 26.2. The number of hydrazone groups is 1. The van der Waals surface area contributed by atoms with Gasteiger partial charge >= 0.3 is 12.0 Å². The van der Waals surface area contributed by atoms with Crippen LogP contribution in [-0.2, 0) is 25.7 Å². The minimum absolute atomic E-state index is 0.0580. The monoisotopic (exact) mass is 552 g/mol. The first-order chi connectivity index (χ1) is 19.9. The zero-order valence-corrected chi connectivity index (χ0v) is 22.5. The predicted molar refractivity (Wildman–Crippen MR) is 148 cm³/mol. The second-order valence-corrected chi connectivity index (χ2v) is 10.1. The third-order valence-electron chi connectivity index (χ3n) is 8.03. The van der Waals surface area contributed by atoms with E-state index in [9.17, 15) is 19.2 Å². The average Bonchev–Trinajstić information content (AvgIpc) is 3.32. The topological polar surface area (TPSA) is 118 Å². The summed E-state index contributed by atoms with van der Waals surface area (Å²) in [5.74, 6) is -2.61. The highest BCUT2D eigenvalue weighted by Gasteiger charge is 2.73. The Labute approximate surface area is 236 Å². The second-order valence-electron chi connectivity index (χ2n) is 10.1. The first-order valence-electron chi connectivity index (χ1n) is 13.3. The van der Waals surface area contributed by atoms with Gasteiger partial charge in [-0.25, -0.2) is 9.59 Å². The smallest absolute Gasteiger partial charge is 0.331 e. The van der Waals surface area contributed by atoms with Gasteiger partial charge in [-0.15, -0.1) is 0 Å². The number of carbonyl (C=O) groups excluding carboxylic acids is 4. The Morgan fingerprint density at radius 1 is 0.976 bits per heavy atom. The standard InChI is InChI=1S/C31H28N4O6/c1-3-41-27(36)25-24(20-13-15-22(40-2)16-14-20)31(26-23-12-8-7-11-21(23)17-32-35(25)26)28(37)33-30(39)34(29(31)38)18-19-9-5-4-6-10-19/h4-17,24-26H,3,18H2,1-2H3,(H,33,37,39)/t24-,25+,26-,31-/m1/s1. The van der Waals surface area contributed by atoms with Gasteiger partial charge in [0.15, 0.2) is 11.5 Å². The molecular formula is C31H28N4O6. The molecule has 1 N–H and O–H groups in total. The van der Waals surface area contributed by atoms with Crippen molar-refractivity contribution in [3.05, 3.63) is 101 Å². The van der Waals surface area contributed by atoms with Crippen molar-refractivity contribution in [1.82, 2.24) is 15.2 Å². The molecule has 3 aliphatic heterocycles. The molecule has 2 saturated heterocycles. The van der Waals surface area contributed by atoms with Crippen LogP contribution in [0, 0.1) is 5.41 Å². The highest BCUT2D eigenvalue weighted by molar-refractivity contribution is 6.21. The number of fused-ring (bicyclic) bond motifs is 4. The van der Waals surface area contributed by atoms with E-state index in [1.165, 1.54) is 12.1 Å². The van der Waals surface area contributed by atoms with Crippen molar-refractivity contribution in [2.24, 2.45) is 10.5 Å². The molecule has 1 spiro atoms. The SMILES string of the molecule is CCOC(=O)[C@@H]1[C@@H](c2ccc(OC)cc2)[C@]2(C(=O)NC(=O)N(Cc3ccccc3)C2=O)[C@H]2c3ccccc3C=NN12. The minimum Gasteiger partial charge on any atom is -0.497 e. The van der Waals surface area contributed by atoms with Crippen LogP contribution < -0.4 is 10.1 Å². The van der Waals surface area contributed by atoms with Gasteiger partial charge in [-0.05, 0) is 41.3 Å². The van der Waals surface area contributed by atoms with Crippen molar-refractivity contribution in [1.29, 1.82) is 0 Å². The van der Waals surface area contributed by atoms with E-state index < -0.39 is 47.2 Å². The largest absolute Gasteiger partial charge is 0.497 e. The zero-order chi connectivity index (χ0) is 28.7. The van der Waals surface area contributed by atoms with Gasteiger partial charge in [-0.3, -0.25) is 24.8 Å². The molecule has 10 heteroatoms. The lowest BCUT2D eigenvalue weighted by Gasteiger charge is -2.44. The summed E-state index contributed by atoms with van der Waals surface area (Å²) in [6.45, 7) is 1.73. The lowest BCUT2D eigenvalue weighted by atomic mass is 9.64. The van der Waals surface area contributed by atoms with Gasteiger partial charge < -0.3 is 9.47 Å². The van der Waals surface area contributed by atoms with Crippen LogP contribution in [0.15, 0.2) is 84.0 Å². The highest BCUT2D eigenvalue weighted by atomic mass is 16.5. The van der Waals surface area contributed by atoms with Crippen LogP contribution in [0.3, 0.4) is 0 Å². The van der Waals surface area contributed by atoms with E-state index >= 15 is 0 Å². The third kappa shape index (κ3) is 3.97. The number of amides is 4. The molecule has 3 aliphatic rings. The zero-order valence-electron chi connectivity index (χ0n) is 22.5. The number of rotatable bonds is 6. The molecule has 6 rings (SSSR count). The molecule has 2 fully saturated rings. The van der Waals surface area contributed by atoms with E-state index in [-0.39, 0.29) is 13.2 Å². The summed E-state index contributed by atoms with van der Waals surface area (Å²) in [6, 6.07) is 20.3. The van der Waals surface area contributed by atoms with Crippen molar-refractivity contribution in [2.45, 2.75) is 31.5 Å². The van der Waals surface area contributed by atoms with E-state index in [1.807, 2.05) is 42.5 Å². The maximum Gasteiger partial charge on any atom is 0.331 e. The third-order valence-corrected chi connectivity index (χ3v) is 8.03. The Hall–Kier alpha value is -4.99. The molecule has 3 heterocycles. The number of benzene rings is 3. The molecule has 0 saturated carbocycles. The number of imide groups is 2. The number of nitrogens with one attached hydrogen (secondary N) is 1. The van der Waals surface area contributed by atoms with E-state index in [2.05, 4.69) is 10.4 Å². The molecule has 0 aliphatic carbocycles. The van der Waals surface area contributed by atoms with Gasteiger partial charge in [0.2, 0.25) is 11.8 Å². The van der Waals surface area contributed by atoms with Crippen LogP contribution in [-0.4, -0.2) is 59.7 Å². The van der Waals surface area contributed by atoms with E-state index in [4.69, 9.17) is 9.47 Å². The summed E-state index contributed by atoms with van der Waals surface area (Å²) in [4.78, 5) is 57.2. The van der Waals surface area contributed by atoms with Gasteiger partial charge in [0.1, 0.15) is 5.75 Å². The summed E-state index contributed by atoms with van der Waals surface area (Å²) < 4.78 is 10.8. The maximum atomic E-state index is 14.9. The normalized spacial score (nSPS) is 24.6. The van der Waals surface area contributed by atoms with Gasteiger partial charge in [0, 0.05) is 5.92 Å². The first-order valence-corrected chi connectivity index (χ1v) is 13.3. The second kappa shape index (κ2) is 10.2. The lowest BCUT2D eigenvalue weighted by Crippen LogP contribution is -2.66. The van der Waals surface area contributed by atoms with Crippen molar-refractivity contribution in [3.63, 3.8) is 0 Å². The van der Waals surface area contributed by atoms with Crippen LogP contribution in [0.1, 0.15) is 41.1 Å². The number of nitrogens with zero attached hydrogens (tertiary/aromatic N) is 3. The molecule has 0 bridgehead atoms. The predicted octanol–water partition coefficient (Wildman–Crippen LogP) is 3.38. The number of methoxy groups -OCH3 is 1. The molecule has 0 radical (unpaired) electrons. The summed E-state index contributed by atoms with van der Waals surface area (Å²) >= 11 is 0. The number of hydrogen-bond donors (Lipinski definition) is 1. The molecule has 3 aromatic carbocycles. The minimum atomic E-state index is -1.94. The highest BCUT2D eigenvalue weighted by Crippen LogP contribution is 2.61. The molecule has 3 aromatic rings. The Bertz CT molecular complexity index is 1560. The van der Waals surface area contributed by atoms with Gasteiger partial charge in [0.05, 0.1) is 32.5 Å². The molecule has 41 heavy (non-hydrogen) atoms. The Balaban J connectivity index is 1.61. The fourth-order valence-electron chi connectivity index (χ4n) is 6.31. The molecule has 4 atom stereocenters. The summed E-state index contributed by atoms with van der Waals surface area (Å²) in [6.07, 6.45) is 1.61. The quantitative estimate of drug-likeness (QED) is 0.368. The summed E-state index contributed by atoms with van der Waals surface area (Å²) in [5, 5.41) is 8.59. The number of esters is 1. The van der Waals surface area contributed by atoms with Crippen molar-refractivity contribution in [2.75, 3.05) is 13.7 Å². The lowest BCUT2D eigenvalue weighted by molar-refractivity contribution is -0.155. The van der Waals surface area contributed by atoms with Crippen LogP contribution in [0.4, 0.5) is 4.79 Å². The average molecular weight is 553 g/mol. The molecule has 0 aromatic heterocycles. The van der Waals surface area contributed by atoms with Crippen molar-refractivity contribution >= 4 is 30.0 Å². The maximum absolute atomic E-state index is 14.9. The van der Waals surface area contributed by atoms with Gasteiger partial charge in [0.25, 0.3) is 0 Å². The van der Waals surface area contributed by atoms with E-state index in [0.717, 1.165) is 4.90 Å². The Kier molecular flexibility index (Phi) is 6.53. The summed E-state index contributed by atoms with van der Waals surface area (Å²) in [7, 11) is 1.53. The fraction of sp³-hybridized carbons (Fsp3) is 0.258. The Morgan fingerprint density at radius 3 is 2.39 bits per heavy atom. The van der Waals surface area contributed by atoms with Crippen LogP contribution in [0.25, 0.3) is 0 Å². The van der Waals surface area contributed by atoms with Crippen LogP contribution in [0.2, 0.25) is 0 Å². The molecule has 4 amide bonds. The fourth-order valence-corrected chi connectivity index (χ4v) is 6.31. The van der Waals surface area contributed by atoms with E-state index in [0.29, 0.717) is 28.0 Å². The summed E-state index contributed by atoms with van der Waals surface area (Å²) in [5.41, 5.74) is 0.648. The Morgan fingerprint density at radius 2 is 1.68 bits per heavy atom.